The lowest BCUT2D eigenvalue weighted by Gasteiger charge is -2.43. The summed E-state index contributed by atoms with van der Waals surface area (Å²) in [6.07, 6.45) is 5.21. The lowest BCUT2D eigenvalue weighted by atomic mass is 9.62. The van der Waals surface area contributed by atoms with Crippen LogP contribution >= 0.6 is 0 Å². The van der Waals surface area contributed by atoms with Crippen LogP contribution in [0, 0.1) is 22.6 Å². The Balaban J connectivity index is 2.05. The highest BCUT2D eigenvalue weighted by Gasteiger charge is 2.38. The van der Waals surface area contributed by atoms with E-state index in [2.05, 4.69) is 20.8 Å². The molecule has 0 bridgehead atoms. The number of hydrogen-bond donors (Lipinski definition) is 1. The van der Waals surface area contributed by atoms with Crippen LogP contribution in [-0.4, -0.2) is 11.7 Å². The van der Waals surface area contributed by atoms with Crippen LogP contribution in [-0.2, 0) is 6.42 Å². The Hall–Kier alpha value is -0.890. The van der Waals surface area contributed by atoms with Gasteiger partial charge in [-0.1, -0.05) is 32.9 Å². The number of rotatable bonds is 3. The molecule has 1 aromatic rings. The number of hydrogen-bond acceptors (Lipinski definition) is 1. The summed E-state index contributed by atoms with van der Waals surface area (Å²) in [5.41, 5.74) is 1.31. The van der Waals surface area contributed by atoms with Gasteiger partial charge in [-0.05, 0) is 66.5 Å². The van der Waals surface area contributed by atoms with E-state index in [1.165, 1.54) is 18.9 Å². The van der Waals surface area contributed by atoms with Crippen LogP contribution in [0.5, 0.6) is 0 Å². The topological polar surface area (TPSA) is 20.2 Å². The van der Waals surface area contributed by atoms with Crippen LogP contribution in [0.2, 0.25) is 0 Å². The van der Waals surface area contributed by atoms with Crippen molar-refractivity contribution in [3.63, 3.8) is 0 Å². The molecular weight excluding hydrogens is 251 g/mol. The van der Waals surface area contributed by atoms with Gasteiger partial charge in [0.05, 0.1) is 0 Å². The minimum absolute atomic E-state index is 0.0461. The monoisotopic (exact) mass is 278 g/mol. The summed E-state index contributed by atoms with van der Waals surface area (Å²) in [6.45, 7) is 7.11. The molecule has 0 radical (unpaired) electrons. The van der Waals surface area contributed by atoms with Gasteiger partial charge in [-0.3, -0.25) is 0 Å². The molecule has 0 aliphatic heterocycles. The summed E-state index contributed by atoms with van der Waals surface area (Å²) in [4.78, 5) is 0. The van der Waals surface area contributed by atoms with E-state index >= 15 is 0 Å². The van der Waals surface area contributed by atoms with E-state index in [0.717, 1.165) is 30.7 Å². The Morgan fingerprint density at radius 1 is 1.25 bits per heavy atom. The maximum Gasteiger partial charge on any atom is 0.123 e. The Labute approximate surface area is 122 Å². The zero-order valence-electron chi connectivity index (χ0n) is 13.0. The van der Waals surface area contributed by atoms with Crippen molar-refractivity contribution in [1.29, 1.82) is 0 Å². The first-order valence-electron chi connectivity index (χ1n) is 7.70. The van der Waals surface area contributed by atoms with Crippen molar-refractivity contribution in [1.82, 2.24) is 0 Å². The highest BCUT2D eigenvalue weighted by molar-refractivity contribution is 5.18. The van der Waals surface area contributed by atoms with Crippen LogP contribution < -0.4 is 0 Å². The molecule has 0 saturated heterocycles. The molecule has 1 N–H and O–H groups in total. The van der Waals surface area contributed by atoms with Crippen LogP contribution in [0.3, 0.4) is 0 Å². The molecule has 0 spiro atoms. The molecule has 1 aliphatic carbocycles. The predicted molar refractivity (Wildman–Crippen MR) is 81.0 cm³/mol. The molecule has 1 nitrogen and oxygen atoms in total. The molecule has 0 aromatic heterocycles. The van der Waals surface area contributed by atoms with E-state index < -0.39 is 0 Å². The molecule has 1 aromatic carbocycles. The highest BCUT2D eigenvalue weighted by Crippen LogP contribution is 2.46. The highest BCUT2D eigenvalue weighted by atomic mass is 19.1. The fourth-order valence-corrected chi connectivity index (χ4v) is 3.57. The third-order valence-corrected chi connectivity index (χ3v) is 5.07. The molecule has 0 amide bonds. The Morgan fingerprint density at radius 2 is 1.90 bits per heavy atom. The first-order valence-corrected chi connectivity index (χ1v) is 7.70. The van der Waals surface area contributed by atoms with E-state index in [4.69, 9.17) is 0 Å². The first-order chi connectivity index (χ1) is 9.35. The number of halogens is 1. The number of aliphatic hydroxyl groups excluding tert-OH is 1. The van der Waals surface area contributed by atoms with Crippen molar-refractivity contribution in [2.45, 2.75) is 52.9 Å². The lowest BCUT2D eigenvalue weighted by molar-refractivity contribution is 0.0369. The van der Waals surface area contributed by atoms with Gasteiger partial charge < -0.3 is 5.11 Å². The zero-order chi connectivity index (χ0) is 14.8. The average Bonchev–Trinajstić information content (AvgIpc) is 2.38. The smallest absolute Gasteiger partial charge is 0.123 e. The van der Waals surface area contributed by atoms with Gasteiger partial charge in [0.15, 0.2) is 0 Å². The van der Waals surface area contributed by atoms with E-state index in [0.29, 0.717) is 5.41 Å². The van der Waals surface area contributed by atoms with E-state index in [-0.39, 0.29) is 17.8 Å². The second-order valence-corrected chi connectivity index (χ2v) is 7.61. The second-order valence-electron chi connectivity index (χ2n) is 7.61. The third kappa shape index (κ3) is 3.60. The molecule has 0 atom stereocenters. The van der Waals surface area contributed by atoms with Crippen molar-refractivity contribution in [3.8, 4) is 0 Å². The molecule has 2 heteroatoms. The van der Waals surface area contributed by atoms with Crippen molar-refractivity contribution in [3.05, 3.63) is 35.6 Å². The van der Waals surface area contributed by atoms with Crippen LogP contribution in [0.15, 0.2) is 24.3 Å². The fraction of sp³-hybridized carbons (Fsp3) is 0.667. The molecule has 0 heterocycles. The molecule has 1 saturated carbocycles. The Bertz CT molecular complexity index is 439. The fourth-order valence-electron chi connectivity index (χ4n) is 3.57. The van der Waals surface area contributed by atoms with Crippen molar-refractivity contribution in [2.24, 2.45) is 16.7 Å². The van der Waals surface area contributed by atoms with Gasteiger partial charge in [0.1, 0.15) is 5.82 Å². The van der Waals surface area contributed by atoms with Gasteiger partial charge in [-0.15, -0.1) is 0 Å². The van der Waals surface area contributed by atoms with E-state index in [9.17, 15) is 9.50 Å². The largest absolute Gasteiger partial charge is 0.396 e. The number of benzene rings is 1. The predicted octanol–water partition coefficient (Wildman–Crippen LogP) is 4.58. The summed E-state index contributed by atoms with van der Waals surface area (Å²) in [6, 6.07) is 6.81. The molecule has 0 unspecified atom stereocenters. The average molecular weight is 278 g/mol. The van der Waals surface area contributed by atoms with Gasteiger partial charge in [0.25, 0.3) is 0 Å². The summed E-state index contributed by atoms with van der Waals surface area (Å²) < 4.78 is 13.3. The molecule has 1 fully saturated rings. The first kappa shape index (κ1) is 15.5. The van der Waals surface area contributed by atoms with E-state index in [1.807, 2.05) is 6.07 Å². The molecule has 2 rings (SSSR count). The second kappa shape index (κ2) is 5.85. The van der Waals surface area contributed by atoms with Crippen molar-refractivity contribution in [2.75, 3.05) is 6.61 Å². The van der Waals surface area contributed by atoms with E-state index in [1.54, 1.807) is 12.1 Å². The Kier molecular flexibility index (Phi) is 4.53. The summed E-state index contributed by atoms with van der Waals surface area (Å²) in [7, 11) is 0. The van der Waals surface area contributed by atoms with Gasteiger partial charge >= 0.3 is 0 Å². The van der Waals surface area contributed by atoms with Crippen molar-refractivity contribution >= 4 is 0 Å². The summed E-state index contributed by atoms with van der Waals surface area (Å²) >= 11 is 0. The summed E-state index contributed by atoms with van der Waals surface area (Å²) in [5.74, 6) is 0.550. The van der Waals surface area contributed by atoms with Gasteiger partial charge in [-0.2, -0.15) is 0 Å². The van der Waals surface area contributed by atoms with Crippen LogP contribution in [0.1, 0.15) is 52.0 Å². The zero-order valence-corrected chi connectivity index (χ0v) is 13.0. The molecular formula is C18H27FO. The molecule has 1 aliphatic rings. The van der Waals surface area contributed by atoms with Crippen LogP contribution in [0.4, 0.5) is 4.39 Å². The molecule has 112 valence electrons. The minimum Gasteiger partial charge on any atom is -0.396 e. The van der Waals surface area contributed by atoms with Gasteiger partial charge in [0.2, 0.25) is 0 Å². The maximum absolute atomic E-state index is 13.3. The maximum atomic E-state index is 13.3. The normalized spacial score (nSPS) is 27.6. The molecule has 20 heavy (non-hydrogen) atoms. The quantitative estimate of drug-likeness (QED) is 0.858. The summed E-state index contributed by atoms with van der Waals surface area (Å²) in [5, 5.41) is 9.87. The Morgan fingerprint density at radius 3 is 2.40 bits per heavy atom. The third-order valence-electron chi connectivity index (χ3n) is 5.07. The van der Waals surface area contributed by atoms with Gasteiger partial charge in [0, 0.05) is 6.61 Å². The van der Waals surface area contributed by atoms with Crippen molar-refractivity contribution < 1.29 is 9.50 Å². The minimum atomic E-state index is -0.182. The van der Waals surface area contributed by atoms with Gasteiger partial charge in [-0.25, -0.2) is 4.39 Å². The standard InChI is InChI=1S/C18H27FO/c1-17(2,3)15-7-9-18(13-20,10-8-15)12-14-5-4-6-16(19)11-14/h4-6,11,15,20H,7-10,12-13H2,1-3H3. The van der Waals surface area contributed by atoms with Crippen LogP contribution in [0.25, 0.3) is 0 Å². The lowest BCUT2D eigenvalue weighted by Crippen LogP contribution is -2.36. The number of aliphatic hydroxyl groups is 1. The SMILES string of the molecule is CC(C)(C)C1CCC(CO)(Cc2cccc(F)c2)CC1.